The van der Waals surface area contributed by atoms with Gasteiger partial charge in [0.15, 0.2) is 0 Å². The molecule has 134 valence electrons. The normalized spacial score (nSPS) is 15.0. The smallest absolute Gasteiger partial charge is 0.246 e. The topological polar surface area (TPSA) is 102 Å². The van der Waals surface area contributed by atoms with Crippen LogP contribution in [0.1, 0.15) is 17.1 Å². The van der Waals surface area contributed by atoms with Crippen molar-refractivity contribution in [2.45, 2.75) is 24.7 Å². The molecule has 0 spiro atoms. The SMILES string of the molecule is CS(=O)(=O)c1ncc2c(n1)CCN(Cc1nc(-c3ccccc3)no1)C2. The monoisotopic (exact) mass is 371 g/mol. The number of hydrogen-bond donors (Lipinski definition) is 0. The number of fused-ring (bicyclic) bond motifs is 1. The van der Waals surface area contributed by atoms with Gasteiger partial charge in [-0.1, -0.05) is 35.5 Å². The Labute approximate surface area is 150 Å². The highest BCUT2D eigenvalue weighted by Crippen LogP contribution is 2.20. The van der Waals surface area contributed by atoms with Crippen molar-refractivity contribution in [2.24, 2.45) is 0 Å². The van der Waals surface area contributed by atoms with Crippen molar-refractivity contribution < 1.29 is 12.9 Å². The van der Waals surface area contributed by atoms with E-state index >= 15 is 0 Å². The summed E-state index contributed by atoms with van der Waals surface area (Å²) in [5, 5.41) is 3.91. The molecule has 26 heavy (non-hydrogen) atoms. The number of sulfone groups is 1. The summed E-state index contributed by atoms with van der Waals surface area (Å²) in [7, 11) is -3.39. The minimum absolute atomic E-state index is 0.117. The molecule has 0 aliphatic carbocycles. The molecule has 2 aromatic heterocycles. The van der Waals surface area contributed by atoms with Crippen molar-refractivity contribution in [3.63, 3.8) is 0 Å². The van der Waals surface area contributed by atoms with Crippen molar-refractivity contribution in [2.75, 3.05) is 12.8 Å². The lowest BCUT2D eigenvalue weighted by Crippen LogP contribution is -2.31. The third kappa shape index (κ3) is 3.49. The second kappa shape index (κ2) is 6.58. The maximum Gasteiger partial charge on any atom is 0.246 e. The first-order valence-corrected chi connectivity index (χ1v) is 10.0. The van der Waals surface area contributed by atoms with Crippen molar-refractivity contribution in [3.05, 3.63) is 53.7 Å². The summed E-state index contributed by atoms with van der Waals surface area (Å²) < 4.78 is 28.5. The number of rotatable bonds is 4. The van der Waals surface area contributed by atoms with Gasteiger partial charge >= 0.3 is 0 Å². The van der Waals surface area contributed by atoms with Crippen LogP contribution < -0.4 is 0 Å². The number of hydrogen-bond acceptors (Lipinski definition) is 8. The molecule has 0 fully saturated rings. The van der Waals surface area contributed by atoms with Gasteiger partial charge in [-0.15, -0.1) is 0 Å². The molecule has 0 amide bonds. The van der Waals surface area contributed by atoms with E-state index in [9.17, 15) is 8.42 Å². The molecule has 4 rings (SSSR count). The predicted molar refractivity (Wildman–Crippen MR) is 92.7 cm³/mol. The molecule has 0 unspecified atom stereocenters. The van der Waals surface area contributed by atoms with E-state index in [0.717, 1.165) is 29.6 Å². The standard InChI is InChI=1S/C17H17N5O3S/c1-26(23,24)17-18-9-13-10-22(8-7-14(13)19-17)11-15-20-16(21-25-15)12-5-3-2-4-6-12/h2-6,9H,7-8,10-11H2,1H3. The minimum atomic E-state index is -3.39. The first-order valence-electron chi connectivity index (χ1n) is 8.14. The maximum absolute atomic E-state index is 11.6. The predicted octanol–water partition coefficient (Wildman–Crippen LogP) is 1.49. The van der Waals surface area contributed by atoms with Crippen LogP contribution >= 0.6 is 0 Å². The summed E-state index contributed by atoms with van der Waals surface area (Å²) >= 11 is 0. The number of aromatic nitrogens is 4. The van der Waals surface area contributed by atoms with E-state index in [4.69, 9.17) is 4.52 Å². The summed E-state index contributed by atoms with van der Waals surface area (Å²) in [6.07, 6.45) is 3.36. The van der Waals surface area contributed by atoms with Gasteiger partial charge in [-0.2, -0.15) is 4.98 Å². The zero-order valence-corrected chi connectivity index (χ0v) is 15.0. The fourth-order valence-corrected chi connectivity index (χ4v) is 3.40. The van der Waals surface area contributed by atoms with Gasteiger partial charge in [0.2, 0.25) is 26.7 Å². The molecule has 3 aromatic rings. The van der Waals surface area contributed by atoms with Gasteiger partial charge in [0.1, 0.15) is 0 Å². The Balaban J connectivity index is 1.48. The van der Waals surface area contributed by atoms with Crippen LogP contribution in [-0.2, 0) is 29.3 Å². The molecule has 8 nitrogen and oxygen atoms in total. The van der Waals surface area contributed by atoms with Gasteiger partial charge in [-0.25, -0.2) is 18.4 Å². The first kappa shape index (κ1) is 16.8. The molecule has 0 atom stereocenters. The van der Waals surface area contributed by atoms with Crippen LogP contribution in [0.15, 0.2) is 46.2 Å². The lowest BCUT2D eigenvalue weighted by atomic mass is 10.1. The average Bonchev–Trinajstić information content (AvgIpc) is 3.10. The molecule has 0 bridgehead atoms. The van der Waals surface area contributed by atoms with E-state index in [1.807, 2.05) is 30.3 Å². The Hall–Kier alpha value is -2.65. The van der Waals surface area contributed by atoms with Crippen LogP contribution in [0.2, 0.25) is 0 Å². The largest absolute Gasteiger partial charge is 0.338 e. The molecular formula is C17H17N5O3S. The molecular weight excluding hydrogens is 354 g/mol. The van der Waals surface area contributed by atoms with Gasteiger partial charge in [0.25, 0.3) is 0 Å². The highest BCUT2D eigenvalue weighted by atomic mass is 32.2. The van der Waals surface area contributed by atoms with Crippen LogP contribution in [0, 0.1) is 0 Å². The summed E-state index contributed by atoms with van der Waals surface area (Å²) in [6, 6.07) is 9.66. The summed E-state index contributed by atoms with van der Waals surface area (Å²) in [6.45, 7) is 1.87. The van der Waals surface area contributed by atoms with Crippen LogP contribution in [0.5, 0.6) is 0 Å². The van der Waals surface area contributed by atoms with E-state index in [-0.39, 0.29) is 5.16 Å². The summed E-state index contributed by atoms with van der Waals surface area (Å²) in [5.41, 5.74) is 2.62. The van der Waals surface area contributed by atoms with Crippen molar-refractivity contribution >= 4 is 9.84 Å². The van der Waals surface area contributed by atoms with E-state index in [1.54, 1.807) is 6.20 Å². The van der Waals surface area contributed by atoms with Crippen molar-refractivity contribution in [1.29, 1.82) is 0 Å². The van der Waals surface area contributed by atoms with Gasteiger partial charge in [0, 0.05) is 43.1 Å². The summed E-state index contributed by atoms with van der Waals surface area (Å²) in [5.74, 6) is 1.11. The molecule has 1 aromatic carbocycles. The molecule has 0 saturated carbocycles. The van der Waals surface area contributed by atoms with E-state index in [1.165, 1.54) is 0 Å². The summed E-state index contributed by atoms with van der Waals surface area (Å²) in [4.78, 5) is 14.8. The fraction of sp³-hybridized carbons (Fsp3) is 0.294. The second-order valence-electron chi connectivity index (χ2n) is 6.24. The number of nitrogens with zero attached hydrogens (tertiary/aromatic N) is 5. The lowest BCUT2D eigenvalue weighted by Gasteiger charge is -2.26. The van der Waals surface area contributed by atoms with Gasteiger partial charge in [0.05, 0.1) is 12.2 Å². The molecule has 1 aliphatic heterocycles. The van der Waals surface area contributed by atoms with Crippen molar-refractivity contribution in [1.82, 2.24) is 25.0 Å². The Morgan fingerprint density at radius 2 is 2.00 bits per heavy atom. The van der Waals surface area contributed by atoms with E-state index in [0.29, 0.717) is 31.2 Å². The molecule has 0 saturated heterocycles. The molecule has 0 N–H and O–H groups in total. The Morgan fingerprint density at radius 3 is 2.77 bits per heavy atom. The molecule has 1 aliphatic rings. The minimum Gasteiger partial charge on any atom is -0.338 e. The van der Waals surface area contributed by atoms with Gasteiger partial charge < -0.3 is 4.52 Å². The highest BCUT2D eigenvalue weighted by Gasteiger charge is 2.22. The van der Waals surface area contributed by atoms with Gasteiger partial charge in [-0.05, 0) is 0 Å². The van der Waals surface area contributed by atoms with E-state index in [2.05, 4.69) is 25.0 Å². The maximum atomic E-state index is 11.6. The Morgan fingerprint density at radius 1 is 1.19 bits per heavy atom. The van der Waals surface area contributed by atoms with Crippen LogP contribution in [-0.4, -0.2) is 46.2 Å². The average molecular weight is 371 g/mol. The number of benzene rings is 1. The van der Waals surface area contributed by atoms with Crippen LogP contribution in [0.25, 0.3) is 11.4 Å². The zero-order valence-electron chi connectivity index (χ0n) is 14.2. The fourth-order valence-electron chi connectivity index (χ4n) is 2.88. The first-order chi connectivity index (χ1) is 12.5. The Bertz CT molecular complexity index is 1030. The van der Waals surface area contributed by atoms with Crippen LogP contribution in [0.4, 0.5) is 0 Å². The zero-order chi connectivity index (χ0) is 18.1. The van der Waals surface area contributed by atoms with Crippen molar-refractivity contribution in [3.8, 4) is 11.4 Å². The van der Waals surface area contributed by atoms with Gasteiger partial charge in [-0.3, -0.25) is 4.90 Å². The quantitative estimate of drug-likeness (QED) is 0.636. The highest BCUT2D eigenvalue weighted by molar-refractivity contribution is 7.90. The van der Waals surface area contributed by atoms with Crippen LogP contribution in [0.3, 0.4) is 0 Å². The third-order valence-electron chi connectivity index (χ3n) is 4.18. The lowest BCUT2D eigenvalue weighted by molar-refractivity contribution is 0.208. The molecule has 3 heterocycles. The Kier molecular flexibility index (Phi) is 4.25. The third-order valence-corrected chi connectivity index (χ3v) is 5.04. The van der Waals surface area contributed by atoms with E-state index < -0.39 is 9.84 Å². The molecule has 0 radical (unpaired) electrons. The molecule has 9 heteroatoms. The second-order valence-corrected chi connectivity index (χ2v) is 8.14.